The maximum Gasteiger partial charge on any atom is 0.309 e. The fourth-order valence-corrected chi connectivity index (χ4v) is 2.47. The highest BCUT2D eigenvalue weighted by Gasteiger charge is 2.38. The van der Waals surface area contributed by atoms with Crippen LogP contribution >= 0.6 is 0 Å². The van der Waals surface area contributed by atoms with Crippen LogP contribution in [-0.2, 0) is 9.53 Å². The molecule has 3 heteroatoms. The summed E-state index contributed by atoms with van der Waals surface area (Å²) in [5, 5.41) is 3.33. The second-order valence-corrected chi connectivity index (χ2v) is 4.01. The summed E-state index contributed by atoms with van der Waals surface area (Å²) >= 11 is 0. The van der Waals surface area contributed by atoms with Crippen LogP contribution in [0.15, 0.2) is 12.2 Å². The van der Waals surface area contributed by atoms with E-state index in [0.29, 0.717) is 18.4 Å². The van der Waals surface area contributed by atoms with Gasteiger partial charge in [0.2, 0.25) is 0 Å². The molecule has 2 rings (SSSR count). The van der Waals surface area contributed by atoms with E-state index in [9.17, 15) is 4.79 Å². The highest BCUT2D eigenvalue weighted by Crippen LogP contribution is 2.33. The molecule has 3 unspecified atom stereocenters. The minimum absolute atomic E-state index is 0.0180. The summed E-state index contributed by atoms with van der Waals surface area (Å²) < 4.78 is 5.09. The molecule has 1 fully saturated rings. The lowest BCUT2D eigenvalue weighted by atomic mass is 9.78. The molecule has 0 aromatic heterocycles. The van der Waals surface area contributed by atoms with Crippen molar-refractivity contribution in [3.63, 3.8) is 0 Å². The van der Waals surface area contributed by atoms with Gasteiger partial charge in [0, 0.05) is 6.54 Å². The van der Waals surface area contributed by atoms with E-state index in [1.54, 1.807) is 0 Å². The van der Waals surface area contributed by atoms with Crippen molar-refractivity contribution in [1.82, 2.24) is 5.32 Å². The van der Waals surface area contributed by atoms with Crippen LogP contribution in [0.25, 0.3) is 0 Å². The van der Waals surface area contributed by atoms with Gasteiger partial charge in [-0.05, 0) is 31.7 Å². The van der Waals surface area contributed by atoms with Crippen LogP contribution in [0.5, 0.6) is 0 Å². The summed E-state index contributed by atoms with van der Waals surface area (Å²) in [4.78, 5) is 11.7. The number of allylic oxidation sites excluding steroid dienone is 1. The van der Waals surface area contributed by atoms with E-state index in [-0.39, 0.29) is 11.9 Å². The van der Waals surface area contributed by atoms with Gasteiger partial charge in [-0.3, -0.25) is 4.79 Å². The molecular formula is C11H17NO2. The Morgan fingerprint density at radius 3 is 3.21 bits per heavy atom. The fraction of sp³-hybridized carbons (Fsp3) is 0.727. The van der Waals surface area contributed by atoms with Crippen LogP contribution in [0.3, 0.4) is 0 Å². The molecule has 3 nitrogen and oxygen atoms in total. The predicted molar refractivity (Wildman–Crippen MR) is 53.7 cm³/mol. The molecule has 14 heavy (non-hydrogen) atoms. The topological polar surface area (TPSA) is 38.3 Å². The number of hydrogen-bond donors (Lipinski definition) is 1. The number of nitrogens with one attached hydrogen (secondary N) is 1. The fourth-order valence-electron chi connectivity index (χ4n) is 2.47. The Labute approximate surface area is 84.5 Å². The maximum atomic E-state index is 11.7. The van der Waals surface area contributed by atoms with Gasteiger partial charge in [0.25, 0.3) is 0 Å². The third kappa shape index (κ3) is 1.69. The maximum absolute atomic E-state index is 11.7. The van der Waals surface area contributed by atoms with E-state index < -0.39 is 0 Å². The van der Waals surface area contributed by atoms with Gasteiger partial charge < -0.3 is 10.1 Å². The van der Waals surface area contributed by atoms with Crippen LogP contribution in [0.2, 0.25) is 0 Å². The molecule has 0 spiro atoms. The van der Waals surface area contributed by atoms with Gasteiger partial charge in [-0.1, -0.05) is 12.2 Å². The molecule has 0 aromatic carbocycles. The third-order valence-electron chi connectivity index (χ3n) is 3.19. The number of carbonyl (C=O) groups is 1. The minimum Gasteiger partial charge on any atom is -0.466 e. The molecule has 0 amide bonds. The van der Waals surface area contributed by atoms with Crippen molar-refractivity contribution in [3.05, 3.63) is 12.2 Å². The van der Waals surface area contributed by atoms with E-state index in [4.69, 9.17) is 4.74 Å². The highest BCUT2D eigenvalue weighted by molar-refractivity contribution is 5.73. The van der Waals surface area contributed by atoms with Crippen molar-refractivity contribution in [2.75, 3.05) is 19.7 Å². The van der Waals surface area contributed by atoms with Crippen LogP contribution in [0.4, 0.5) is 0 Å². The summed E-state index contributed by atoms with van der Waals surface area (Å²) in [6, 6.07) is 0. The lowest BCUT2D eigenvalue weighted by molar-refractivity contribution is -0.150. The van der Waals surface area contributed by atoms with E-state index in [0.717, 1.165) is 19.5 Å². The third-order valence-corrected chi connectivity index (χ3v) is 3.19. The van der Waals surface area contributed by atoms with Crippen molar-refractivity contribution in [2.45, 2.75) is 13.3 Å². The van der Waals surface area contributed by atoms with Crippen molar-refractivity contribution in [2.24, 2.45) is 17.8 Å². The van der Waals surface area contributed by atoms with Crippen LogP contribution in [0.1, 0.15) is 13.3 Å². The van der Waals surface area contributed by atoms with E-state index in [2.05, 4.69) is 17.5 Å². The van der Waals surface area contributed by atoms with Gasteiger partial charge >= 0.3 is 5.97 Å². The molecule has 1 heterocycles. The van der Waals surface area contributed by atoms with Gasteiger partial charge in [0.05, 0.1) is 12.5 Å². The number of rotatable bonds is 2. The van der Waals surface area contributed by atoms with Gasteiger partial charge in [-0.2, -0.15) is 0 Å². The van der Waals surface area contributed by atoms with Crippen LogP contribution in [0, 0.1) is 17.8 Å². The largest absolute Gasteiger partial charge is 0.466 e. The molecule has 1 aliphatic carbocycles. The van der Waals surface area contributed by atoms with E-state index in [1.807, 2.05) is 6.92 Å². The van der Waals surface area contributed by atoms with Gasteiger partial charge in [0.1, 0.15) is 0 Å². The van der Waals surface area contributed by atoms with Crippen molar-refractivity contribution in [3.8, 4) is 0 Å². The molecule has 78 valence electrons. The van der Waals surface area contributed by atoms with Crippen molar-refractivity contribution >= 4 is 5.97 Å². The molecule has 1 saturated heterocycles. The second-order valence-electron chi connectivity index (χ2n) is 4.01. The number of hydrogen-bond acceptors (Lipinski definition) is 3. The zero-order chi connectivity index (χ0) is 9.97. The summed E-state index contributed by atoms with van der Waals surface area (Å²) in [5.41, 5.74) is 0. The average molecular weight is 195 g/mol. The number of esters is 1. The number of fused-ring (bicyclic) bond motifs is 1. The Morgan fingerprint density at radius 1 is 1.57 bits per heavy atom. The standard InChI is InChI=1S/C11H17NO2/c1-2-14-11(13)9-5-3-4-8-6-12-7-10(8)9/h3-4,8-10,12H,2,5-7H2,1H3. The smallest absolute Gasteiger partial charge is 0.309 e. The monoisotopic (exact) mass is 195 g/mol. The molecule has 0 bridgehead atoms. The normalized spacial score (nSPS) is 35.4. The molecule has 1 aliphatic heterocycles. The van der Waals surface area contributed by atoms with Gasteiger partial charge in [0.15, 0.2) is 0 Å². The number of ether oxygens (including phenoxy) is 1. The Balaban J connectivity index is 2.04. The highest BCUT2D eigenvalue weighted by atomic mass is 16.5. The molecule has 0 saturated carbocycles. The average Bonchev–Trinajstić information content (AvgIpc) is 2.65. The molecular weight excluding hydrogens is 178 g/mol. The SMILES string of the molecule is CCOC(=O)C1CC=CC2CNCC21. The lowest BCUT2D eigenvalue weighted by Crippen LogP contribution is -2.32. The Morgan fingerprint density at radius 2 is 2.43 bits per heavy atom. The predicted octanol–water partition coefficient (Wildman–Crippen LogP) is 0.961. The Bertz CT molecular complexity index is 250. The number of carbonyl (C=O) groups excluding carboxylic acids is 1. The minimum atomic E-state index is -0.0180. The zero-order valence-electron chi connectivity index (χ0n) is 8.53. The molecule has 0 radical (unpaired) electrons. The lowest BCUT2D eigenvalue weighted by Gasteiger charge is -2.27. The summed E-state index contributed by atoms with van der Waals surface area (Å²) in [6.07, 6.45) is 5.21. The van der Waals surface area contributed by atoms with Crippen LogP contribution in [-0.4, -0.2) is 25.7 Å². The second kappa shape index (κ2) is 4.13. The molecule has 3 atom stereocenters. The van der Waals surface area contributed by atoms with E-state index >= 15 is 0 Å². The van der Waals surface area contributed by atoms with Crippen molar-refractivity contribution < 1.29 is 9.53 Å². The zero-order valence-corrected chi connectivity index (χ0v) is 8.53. The first-order valence-electron chi connectivity index (χ1n) is 5.37. The summed E-state index contributed by atoms with van der Waals surface area (Å²) in [7, 11) is 0. The first-order chi connectivity index (χ1) is 6.83. The van der Waals surface area contributed by atoms with Gasteiger partial charge in [-0.15, -0.1) is 0 Å². The van der Waals surface area contributed by atoms with Gasteiger partial charge in [-0.25, -0.2) is 0 Å². The molecule has 2 aliphatic rings. The van der Waals surface area contributed by atoms with Crippen molar-refractivity contribution in [1.29, 1.82) is 0 Å². The Hall–Kier alpha value is -0.830. The molecule has 0 aromatic rings. The molecule has 1 N–H and O–H groups in total. The van der Waals surface area contributed by atoms with Crippen LogP contribution < -0.4 is 5.32 Å². The Kier molecular flexibility index (Phi) is 2.87. The first-order valence-corrected chi connectivity index (χ1v) is 5.37. The first kappa shape index (κ1) is 9.71. The summed E-state index contributed by atoms with van der Waals surface area (Å²) in [6.45, 7) is 4.32. The summed E-state index contributed by atoms with van der Waals surface area (Å²) in [5.74, 6) is 1.06. The quantitative estimate of drug-likeness (QED) is 0.527. The van der Waals surface area contributed by atoms with E-state index in [1.165, 1.54) is 0 Å².